The molecule has 0 saturated heterocycles. The van der Waals surface area contributed by atoms with Crippen LogP contribution in [0.4, 0.5) is 0 Å². The Labute approximate surface area is 112 Å². The molecule has 1 atom stereocenters. The summed E-state index contributed by atoms with van der Waals surface area (Å²) in [5.74, 6) is 1.18. The Hall–Kier alpha value is -2.06. The Morgan fingerprint density at radius 1 is 1.42 bits per heavy atom. The quantitative estimate of drug-likeness (QED) is 0.731. The van der Waals surface area contributed by atoms with E-state index in [2.05, 4.69) is 30.4 Å². The van der Waals surface area contributed by atoms with Crippen LogP contribution < -0.4 is 5.32 Å². The molecule has 7 nitrogen and oxygen atoms in total. The van der Waals surface area contributed by atoms with Crippen molar-refractivity contribution in [3.63, 3.8) is 0 Å². The van der Waals surface area contributed by atoms with Gasteiger partial charge in [0.25, 0.3) is 0 Å². The van der Waals surface area contributed by atoms with Crippen molar-refractivity contribution in [2.45, 2.75) is 19.0 Å². The van der Waals surface area contributed by atoms with Crippen LogP contribution in [0.25, 0.3) is 10.7 Å². The van der Waals surface area contributed by atoms with Crippen LogP contribution in [-0.2, 0) is 13.0 Å². The molecule has 1 aliphatic heterocycles. The van der Waals surface area contributed by atoms with Crippen LogP contribution in [0.5, 0.6) is 0 Å². The fourth-order valence-electron chi connectivity index (χ4n) is 2.15. The molecular weight excluding hydrogens is 264 g/mol. The highest BCUT2D eigenvalue weighted by atomic mass is 32.1. The minimum atomic E-state index is 0.0185. The molecular formula is C11H10N6OS. The van der Waals surface area contributed by atoms with Crippen LogP contribution in [0.2, 0.25) is 0 Å². The van der Waals surface area contributed by atoms with Gasteiger partial charge in [0.1, 0.15) is 0 Å². The van der Waals surface area contributed by atoms with E-state index >= 15 is 0 Å². The predicted octanol–water partition coefficient (Wildman–Crippen LogP) is 1.30. The smallest absolute Gasteiger partial charge is 0.244 e. The molecule has 0 fully saturated rings. The predicted molar refractivity (Wildman–Crippen MR) is 67.3 cm³/mol. The summed E-state index contributed by atoms with van der Waals surface area (Å²) in [5.41, 5.74) is 3.93. The summed E-state index contributed by atoms with van der Waals surface area (Å²) >= 11 is 1.49. The van der Waals surface area contributed by atoms with Gasteiger partial charge >= 0.3 is 0 Å². The van der Waals surface area contributed by atoms with Crippen molar-refractivity contribution < 1.29 is 4.52 Å². The molecule has 0 saturated carbocycles. The second-order valence-electron chi connectivity index (χ2n) is 4.29. The number of hydrogen-bond acceptors (Lipinski definition) is 7. The van der Waals surface area contributed by atoms with Gasteiger partial charge in [0.05, 0.1) is 34.1 Å². The van der Waals surface area contributed by atoms with Crippen molar-refractivity contribution in [2.24, 2.45) is 0 Å². The first-order valence-corrected chi connectivity index (χ1v) is 6.75. The van der Waals surface area contributed by atoms with E-state index in [4.69, 9.17) is 4.52 Å². The number of aromatic amines is 1. The molecule has 0 bridgehead atoms. The number of fused-ring (bicyclic) bond motifs is 1. The van der Waals surface area contributed by atoms with E-state index in [1.165, 1.54) is 11.3 Å². The lowest BCUT2D eigenvalue weighted by atomic mass is 10.1. The van der Waals surface area contributed by atoms with Crippen LogP contribution >= 0.6 is 11.3 Å². The van der Waals surface area contributed by atoms with Crippen molar-refractivity contribution in [1.82, 2.24) is 30.4 Å². The molecule has 0 amide bonds. The molecule has 0 spiro atoms. The van der Waals surface area contributed by atoms with E-state index in [0.717, 1.165) is 29.2 Å². The van der Waals surface area contributed by atoms with E-state index in [-0.39, 0.29) is 6.04 Å². The number of nitrogens with zero attached hydrogens (tertiary/aromatic N) is 4. The Morgan fingerprint density at radius 3 is 3.32 bits per heavy atom. The highest BCUT2D eigenvalue weighted by Gasteiger charge is 2.26. The van der Waals surface area contributed by atoms with Gasteiger partial charge in [0.15, 0.2) is 0 Å². The summed E-state index contributed by atoms with van der Waals surface area (Å²) in [4.78, 5) is 16.8. The molecule has 3 aromatic rings. The average Bonchev–Trinajstić information content (AvgIpc) is 3.18. The molecule has 8 heteroatoms. The summed E-state index contributed by atoms with van der Waals surface area (Å²) in [7, 11) is 0. The van der Waals surface area contributed by atoms with Gasteiger partial charge in [-0.1, -0.05) is 5.16 Å². The number of imidazole rings is 1. The standard InChI is InChI=1S/C11H10N6OS/c1-6-8(15-4-14-6)2-13-7(1)11-16-10(17-18-11)9-3-12-5-19-9/h3-5,7,13H,1-2H2,(H,14,15). The van der Waals surface area contributed by atoms with E-state index < -0.39 is 0 Å². The fraction of sp³-hybridized carbons (Fsp3) is 0.273. The molecule has 0 aliphatic carbocycles. The third-order valence-electron chi connectivity index (χ3n) is 3.12. The first-order chi connectivity index (χ1) is 9.40. The molecule has 0 radical (unpaired) electrons. The molecule has 96 valence electrons. The Balaban J connectivity index is 1.61. The fourth-order valence-corrected chi connectivity index (χ4v) is 2.69. The molecule has 4 rings (SSSR count). The highest BCUT2D eigenvalue weighted by molar-refractivity contribution is 7.13. The van der Waals surface area contributed by atoms with Crippen molar-refractivity contribution in [3.05, 3.63) is 35.3 Å². The second-order valence-corrected chi connectivity index (χ2v) is 5.17. The summed E-state index contributed by atoms with van der Waals surface area (Å²) in [6, 6.07) is 0.0185. The maximum atomic E-state index is 5.34. The van der Waals surface area contributed by atoms with Gasteiger partial charge in [-0.2, -0.15) is 4.98 Å². The number of rotatable bonds is 2. The van der Waals surface area contributed by atoms with Crippen LogP contribution in [0.3, 0.4) is 0 Å². The average molecular weight is 274 g/mol. The molecule has 4 heterocycles. The molecule has 2 N–H and O–H groups in total. The topological polar surface area (TPSA) is 92.5 Å². The summed E-state index contributed by atoms with van der Waals surface area (Å²) in [6.45, 7) is 0.734. The van der Waals surface area contributed by atoms with Gasteiger partial charge in [0, 0.05) is 19.2 Å². The zero-order valence-electron chi connectivity index (χ0n) is 9.83. The number of thiazole rings is 1. The van der Waals surface area contributed by atoms with Gasteiger partial charge in [-0.25, -0.2) is 4.98 Å². The molecule has 1 aliphatic rings. The van der Waals surface area contributed by atoms with Crippen LogP contribution in [0.1, 0.15) is 23.3 Å². The van der Waals surface area contributed by atoms with Gasteiger partial charge in [-0.15, -0.1) is 11.3 Å². The molecule has 0 aromatic carbocycles. The van der Waals surface area contributed by atoms with Crippen molar-refractivity contribution in [2.75, 3.05) is 0 Å². The monoisotopic (exact) mass is 274 g/mol. The van der Waals surface area contributed by atoms with E-state index in [0.29, 0.717) is 11.7 Å². The summed E-state index contributed by atoms with van der Waals surface area (Å²) in [5, 5.41) is 7.35. The normalized spacial score (nSPS) is 18.4. The molecule has 1 unspecified atom stereocenters. The molecule has 19 heavy (non-hydrogen) atoms. The lowest BCUT2D eigenvalue weighted by molar-refractivity contribution is 0.319. The SMILES string of the molecule is c1nc2c([nH]1)CNC(c1nc(-c3cncs3)no1)C2. The van der Waals surface area contributed by atoms with E-state index in [1.54, 1.807) is 18.0 Å². The van der Waals surface area contributed by atoms with E-state index in [9.17, 15) is 0 Å². The number of hydrogen-bond donors (Lipinski definition) is 2. The lowest BCUT2D eigenvalue weighted by Crippen LogP contribution is -2.28. The Morgan fingerprint density at radius 2 is 2.42 bits per heavy atom. The zero-order valence-corrected chi connectivity index (χ0v) is 10.6. The number of aromatic nitrogens is 5. The van der Waals surface area contributed by atoms with E-state index in [1.807, 2.05) is 0 Å². The summed E-state index contributed by atoms with van der Waals surface area (Å²) in [6.07, 6.45) is 4.20. The Kier molecular flexibility index (Phi) is 2.42. The van der Waals surface area contributed by atoms with Crippen molar-refractivity contribution >= 4 is 11.3 Å². The van der Waals surface area contributed by atoms with Crippen molar-refractivity contribution in [3.8, 4) is 10.7 Å². The second kappa shape index (κ2) is 4.25. The van der Waals surface area contributed by atoms with Crippen molar-refractivity contribution in [1.29, 1.82) is 0 Å². The Bertz CT molecular complexity index is 688. The number of nitrogens with one attached hydrogen (secondary N) is 2. The van der Waals surface area contributed by atoms with Gasteiger partial charge in [0.2, 0.25) is 11.7 Å². The molecule has 3 aromatic heterocycles. The first-order valence-electron chi connectivity index (χ1n) is 5.87. The minimum Gasteiger partial charge on any atom is -0.347 e. The van der Waals surface area contributed by atoms with Crippen LogP contribution in [0.15, 0.2) is 22.6 Å². The maximum absolute atomic E-state index is 5.34. The van der Waals surface area contributed by atoms with Gasteiger partial charge in [-0.3, -0.25) is 10.3 Å². The van der Waals surface area contributed by atoms with Crippen LogP contribution in [0, 0.1) is 0 Å². The maximum Gasteiger partial charge on any atom is 0.244 e. The minimum absolute atomic E-state index is 0.0185. The van der Waals surface area contributed by atoms with Gasteiger partial charge in [-0.05, 0) is 0 Å². The first kappa shape index (κ1) is 10.8. The largest absolute Gasteiger partial charge is 0.347 e. The number of H-pyrrole nitrogens is 1. The highest BCUT2D eigenvalue weighted by Crippen LogP contribution is 2.25. The third-order valence-corrected chi connectivity index (χ3v) is 3.89. The summed E-state index contributed by atoms with van der Waals surface area (Å²) < 4.78 is 5.34. The third kappa shape index (κ3) is 1.85. The van der Waals surface area contributed by atoms with Gasteiger partial charge < -0.3 is 9.51 Å². The van der Waals surface area contributed by atoms with Crippen LogP contribution in [-0.4, -0.2) is 25.1 Å². The lowest BCUT2D eigenvalue weighted by Gasteiger charge is -2.19. The zero-order chi connectivity index (χ0) is 12.7.